The molecule has 1 aliphatic rings. The van der Waals surface area contributed by atoms with Crippen molar-refractivity contribution in [3.05, 3.63) is 0 Å². The van der Waals surface area contributed by atoms with Gasteiger partial charge in [0.25, 0.3) is 0 Å². The fourth-order valence-electron chi connectivity index (χ4n) is 2.46. The first-order valence-corrected chi connectivity index (χ1v) is 8.24. The summed E-state index contributed by atoms with van der Waals surface area (Å²) in [6.45, 7) is 5.54. The molecular formula is C14H27IO. The molecule has 0 bridgehead atoms. The molecule has 3 unspecified atom stereocenters. The minimum Gasteiger partial charge on any atom is -0.377 e. The summed E-state index contributed by atoms with van der Waals surface area (Å²) in [5, 5.41) is 0. The van der Waals surface area contributed by atoms with Crippen LogP contribution in [0.25, 0.3) is 0 Å². The molecule has 0 aromatic rings. The third-order valence-corrected chi connectivity index (χ3v) is 4.92. The molecule has 1 rings (SSSR count). The van der Waals surface area contributed by atoms with E-state index in [1.165, 1.54) is 51.4 Å². The van der Waals surface area contributed by atoms with Crippen LogP contribution in [0.5, 0.6) is 0 Å². The van der Waals surface area contributed by atoms with Crippen molar-refractivity contribution in [2.75, 3.05) is 6.61 Å². The van der Waals surface area contributed by atoms with Crippen molar-refractivity contribution in [3.8, 4) is 0 Å². The van der Waals surface area contributed by atoms with E-state index in [9.17, 15) is 0 Å². The quantitative estimate of drug-likeness (QED) is 0.508. The highest BCUT2D eigenvalue weighted by molar-refractivity contribution is 14.1. The largest absolute Gasteiger partial charge is 0.377 e. The van der Waals surface area contributed by atoms with Gasteiger partial charge in [-0.15, -0.1) is 0 Å². The van der Waals surface area contributed by atoms with Crippen LogP contribution in [-0.4, -0.2) is 16.6 Å². The van der Waals surface area contributed by atoms with Crippen molar-refractivity contribution >= 4 is 22.6 Å². The van der Waals surface area contributed by atoms with Crippen LogP contribution >= 0.6 is 22.6 Å². The lowest BCUT2D eigenvalue weighted by Gasteiger charge is -2.26. The molecule has 1 aliphatic carbocycles. The Bertz CT molecular complexity index is 172. The Labute approximate surface area is 115 Å². The zero-order valence-corrected chi connectivity index (χ0v) is 13.0. The summed E-state index contributed by atoms with van der Waals surface area (Å²) in [6, 6.07) is 0. The van der Waals surface area contributed by atoms with E-state index in [0.29, 0.717) is 6.10 Å². The van der Waals surface area contributed by atoms with Crippen LogP contribution in [0, 0.1) is 5.92 Å². The van der Waals surface area contributed by atoms with Crippen LogP contribution < -0.4 is 0 Å². The van der Waals surface area contributed by atoms with E-state index in [4.69, 9.17) is 4.74 Å². The van der Waals surface area contributed by atoms with E-state index in [0.717, 1.165) is 16.4 Å². The fourth-order valence-corrected chi connectivity index (χ4v) is 3.46. The molecule has 0 aromatic heterocycles. The maximum atomic E-state index is 6.14. The third kappa shape index (κ3) is 5.85. The molecular weight excluding hydrogens is 311 g/mol. The zero-order chi connectivity index (χ0) is 11.8. The Morgan fingerprint density at radius 3 is 2.56 bits per heavy atom. The Morgan fingerprint density at radius 1 is 1.19 bits per heavy atom. The van der Waals surface area contributed by atoms with Crippen LogP contribution in [0.2, 0.25) is 0 Å². The van der Waals surface area contributed by atoms with Gasteiger partial charge in [0.2, 0.25) is 0 Å². The van der Waals surface area contributed by atoms with Crippen LogP contribution in [0.3, 0.4) is 0 Å². The minimum absolute atomic E-state index is 0.528. The molecule has 0 N–H and O–H groups in total. The Hall–Kier alpha value is 0.690. The van der Waals surface area contributed by atoms with E-state index in [1.807, 2.05) is 0 Å². The first-order chi connectivity index (χ1) is 7.74. The lowest BCUT2D eigenvalue weighted by molar-refractivity contribution is 0.0222. The van der Waals surface area contributed by atoms with Crippen LogP contribution in [0.4, 0.5) is 0 Å². The van der Waals surface area contributed by atoms with Crippen LogP contribution in [-0.2, 0) is 4.74 Å². The standard InChI is InChI=1S/C14H27IO/c1-3-8-12(2)11-16-14-10-7-5-4-6-9-13(14)15/h12-14H,3-11H2,1-2H3. The number of rotatable bonds is 5. The second kappa shape index (κ2) is 8.73. The van der Waals surface area contributed by atoms with Crippen LogP contribution in [0.15, 0.2) is 0 Å². The van der Waals surface area contributed by atoms with Crippen molar-refractivity contribution in [1.29, 1.82) is 0 Å². The van der Waals surface area contributed by atoms with Gasteiger partial charge in [-0.3, -0.25) is 0 Å². The molecule has 0 radical (unpaired) electrons. The summed E-state index contributed by atoms with van der Waals surface area (Å²) in [5.74, 6) is 0.735. The predicted octanol–water partition coefficient (Wildman–Crippen LogP) is 4.97. The highest BCUT2D eigenvalue weighted by Gasteiger charge is 2.21. The summed E-state index contributed by atoms with van der Waals surface area (Å²) in [6.07, 6.45) is 11.4. The molecule has 0 heterocycles. The Balaban J connectivity index is 2.25. The van der Waals surface area contributed by atoms with Crippen molar-refractivity contribution in [2.45, 2.75) is 75.2 Å². The molecule has 0 aliphatic heterocycles. The Kier molecular flexibility index (Phi) is 8.05. The molecule has 0 spiro atoms. The van der Waals surface area contributed by atoms with Gasteiger partial charge in [-0.1, -0.05) is 68.5 Å². The zero-order valence-electron chi connectivity index (χ0n) is 10.9. The maximum absolute atomic E-state index is 6.14. The molecule has 0 amide bonds. The van der Waals surface area contributed by atoms with Gasteiger partial charge in [0.15, 0.2) is 0 Å². The van der Waals surface area contributed by atoms with Crippen molar-refractivity contribution in [3.63, 3.8) is 0 Å². The number of ether oxygens (including phenoxy) is 1. The molecule has 0 saturated heterocycles. The highest BCUT2D eigenvalue weighted by atomic mass is 127. The van der Waals surface area contributed by atoms with Crippen molar-refractivity contribution in [2.24, 2.45) is 5.92 Å². The van der Waals surface area contributed by atoms with E-state index >= 15 is 0 Å². The smallest absolute Gasteiger partial charge is 0.0692 e. The SMILES string of the molecule is CCCC(C)COC1CCCCCCC1I. The fraction of sp³-hybridized carbons (Fsp3) is 1.00. The van der Waals surface area contributed by atoms with Crippen molar-refractivity contribution in [1.82, 2.24) is 0 Å². The monoisotopic (exact) mass is 338 g/mol. The van der Waals surface area contributed by atoms with Crippen LogP contribution in [0.1, 0.15) is 65.2 Å². The van der Waals surface area contributed by atoms with Gasteiger partial charge < -0.3 is 4.74 Å². The summed E-state index contributed by atoms with van der Waals surface area (Å²) < 4.78 is 6.88. The predicted molar refractivity (Wildman–Crippen MR) is 79.3 cm³/mol. The van der Waals surface area contributed by atoms with Gasteiger partial charge >= 0.3 is 0 Å². The number of alkyl halides is 1. The summed E-state index contributed by atoms with van der Waals surface area (Å²) in [4.78, 5) is 0. The molecule has 1 fully saturated rings. The molecule has 1 saturated carbocycles. The third-order valence-electron chi connectivity index (χ3n) is 3.50. The van der Waals surface area contributed by atoms with Gasteiger partial charge in [0.05, 0.1) is 6.10 Å². The van der Waals surface area contributed by atoms with Gasteiger partial charge in [-0.25, -0.2) is 0 Å². The normalized spacial score (nSPS) is 29.4. The van der Waals surface area contributed by atoms with Gasteiger partial charge in [-0.05, 0) is 25.2 Å². The minimum atomic E-state index is 0.528. The molecule has 3 atom stereocenters. The second-order valence-electron chi connectivity index (χ2n) is 5.27. The molecule has 1 nitrogen and oxygen atoms in total. The second-order valence-corrected chi connectivity index (χ2v) is 6.87. The molecule has 2 heteroatoms. The first kappa shape index (κ1) is 14.7. The number of halogens is 1. The van der Waals surface area contributed by atoms with E-state index in [1.54, 1.807) is 0 Å². The topological polar surface area (TPSA) is 9.23 Å². The lowest BCUT2D eigenvalue weighted by Crippen LogP contribution is -2.27. The van der Waals surface area contributed by atoms with E-state index in [2.05, 4.69) is 36.4 Å². The highest BCUT2D eigenvalue weighted by Crippen LogP contribution is 2.26. The average Bonchev–Trinajstić information content (AvgIpc) is 2.23. The maximum Gasteiger partial charge on any atom is 0.0692 e. The summed E-state index contributed by atoms with van der Waals surface area (Å²) >= 11 is 2.60. The average molecular weight is 338 g/mol. The molecule has 0 aromatic carbocycles. The van der Waals surface area contributed by atoms with E-state index < -0.39 is 0 Å². The van der Waals surface area contributed by atoms with Gasteiger partial charge in [-0.2, -0.15) is 0 Å². The number of hydrogen-bond donors (Lipinski definition) is 0. The molecule has 16 heavy (non-hydrogen) atoms. The van der Waals surface area contributed by atoms with Crippen molar-refractivity contribution < 1.29 is 4.74 Å². The van der Waals surface area contributed by atoms with Gasteiger partial charge in [0, 0.05) is 10.5 Å². The molecule has 96 valence electrons. The van der Waals surface area contributed by atoms with E-state index in [-0.39, 0.29) is 0 Å². The number of hydrogen-bond acceptors (Lipinski definition) is 1. The Morgan fingerprint density at radius 2 is 1.88 bits per heavy atom. The summed E-state index contributed by atoms with van der Waals surface area (Å²) in [7, 11) is 0. The first-order valence-electron chi connectivity index (χ1n) is 6.99. The van der Waals surface area contributed by atoms with Gasteiger partial charge in [0.1, 0.15) is 0 Å². The summed E-state index contributed by atoms with van der Waals surface area (Å²) in [5.41, 5.74) is 0. The lowest BCUT2D eigenvalue weighted by atomic mass is 9.98.